The fourth-order valence-corrected chi connectivity index (χ4v) is 3.75. The van der Waals surface area contributed by atoms with Crippen LogP contribution in [-0.4, -0.2) is 105 Å². The van der Waals surface area contributed by atoms with Crippen molar-refractivity contribution in [3.05, 3.63) is 71.8 Å². The molecule has 3 aromatic rings. The largest absolute Gasteiger partial charge is 0.240 e. The van der Waals surface area contributed by atoms with Gasteiger partial charge in [-0.15, -0.1) is 0 Å². The van der Waals surface area contributed by atoms with Gasteiger partial charge < -0.3 is 0 Å². The Morgan fingerprint density at radius 2 is 0.727 bits per heavy atom. The zero-order valence-corrected chi connectivity index (χ0v) is 35.3. The minimum Gasteiger partial charge on any atom is -0.211 e. The van der Waals surface area contributed by atoms with Gasteiger partial charge in [0.05, 0.1) is 60.3 Å². The first-order valence-electron chi connectivity index (χ1n) is 18.1. The molecule has 0 radical (unpaired) electrons. The summed E-state index contributed by atoms with van der Waals surface area (Å²) in [5, 5.41) is 0. The molecule has 0 fully saturated rings. The van der Waals surface area contributed by atoms with Crippen LogP contribution in [0.4, 0.5) is 34.1 Å². The minimum atomic E-state index is -0.634. The molecule has 24 nitrogen and oxygen atoms in total. The molecule has 0 atom stereocenters. The van der Waals surface area contributed by atoms with Gasteiger partial charge in [0.1, 0.15) is 0 Å². The predicted octanol–water partition coefficient (Wildman–Crippen LogP) is 6.36. The Hall–Kier alpha value is -9.78. The summed E-state index contributed by atoms with van der Waals surface area (Å²) in [5.41, 5.74) is 4.27. The standard InChI is InChI=1S/2C9H6N2O2.C8H4N2O2.C8H12N2O2.2C4H4N2O2/c1-7-2-3-8(10-5-12)4-9(7)11-6-13;1-7-8(10-5-12)3-2-4-9(7)11-6-13;11-5-9-7-1-2-8(4-3-7)10-6-12;11-7-9-5-3-1-2-4-6-10-8-12;1-4(5-2-7)6-3-8;7-3-5-1-2-6-4-8/h2*2-4H,1H3;1-4H;1-6H2;4H,1H3;1-2H2. The van der Waals surface area contributed by atoms with Gasteiger partial charge in [-0.1, -0.05) is 25.0 Å². The summed E-state index contributed by atoms with van der Waals surface area (Å²) in [6, 6.07) is 16.0. The molecule has 66 heavy (non-hydrogen) atoms. The molecule has 0 saturated heterocycles. The maximum Gasteiger partial charge on any atom is 0.240 e. The van der Waals surface area contributed by atoms with Crippen molar-refractivity contribution >= 4 is 107 Å². The van der Waals surface area contributed by atoms with Crippen molar-refractivity contribution in [1.29, 1.82) is 0 Å². The molecule has 0 saturated carbocycles. The van der Waals surface area contributed by atoms with Crippen LogP contribution in [0.5, 0.6) is 0 Å². The lowest BCUT2D eigenvalue weighted by Crippen LogP contribution is -1.88. The molecule has 336 valence electrons. The first-order valence-corrected chi connectivity index (χ1v) is 18.1. The lowest BCUT2D eigenvalue weighted by molar-refractivity contribution is 0.552. The molecule has 0 spiro atoms. The van der Waals surface area contributed by atoms with Crippen molar-refractivity contribution < 1.29 is 57.5 Å². The maximum absolute atomic E-state index is 10.00. The number of rotatable bonds is 18. The van der Waals surface area contributed by atoms with E-state index in [9.17, 15) is 57.5 Å². The van der Waals surface area contributed by atoms with Gasteiger partial charge >= 0.3 is 0 Å². The number of aryl methyl sites for hydroxylation is 1. The average molecular weight is 901 g/mol. The van der Waals surface area contributed by atoms with Crippen molar-refractivity contribution in [2.24, 2.45) is 59.9 Å². The number of benzene rings is 3. The highest BCUT2D eigenvalue weighted by Crippen LogP contribution is 2.27. The van der Waals surface area contributed by atoms with Crippen LogP contribution < -0.4 is 0 Å². The third-order valence-corrected chi connectivity index (χ3v) is 6.69. The maximum atomic E-state index is 10.00. The second-order valence-electron chi connectivity index (χ2n) is 11.0. The topological polar surface area (TPSA) is 353 Å². The summed E-state index contributed by atoms with van der Waals surface area (Å²) < 4.78 is 0. The van der Waals surface area contributed by atoms with Gasteiger partial charge in [0.25, 0.3) is 0 Å². The highest BCUT2D eigenvalue weighted by Gasteiger charge is 2.01. The number of nitrogens with zero attached hydrogens (tertiary/aromatic N) is 12. The van der Waals surface area contributed by atoms with Gasteiger partial charge in [0, 0.05) is 5.56 Å². The van der Waals surface area contributed by atoms with Gasteiger partial charge in [-0.2, -0.15) is 39.9 Å². The summed E-state index contributed by atoms with van der Waals surface area (Å²) in [6.45, 7) is 6.55. The van der Waals surface area contributed by atoms with Gasteiger partial charge in [-0.05, 0) is 87.7 Å². The SMILES string of the molecule is CC(N=C=O)N=C=O.Cc1c(N=C=O)cccc1N=C=O.Cc1ccc(N=C=O)cc1N=C=O.O=C=NCCCCCCN=C=O.O=C=NCCN=C=O.O=C=Nc1ccc(N=C=O)cc1. The van der Waals surface area contributed by atoms with Crippen LogP contribution in [0.2, 0.25) is 0 Å². The van der Waals surface area contributed by atoms with E-state index in [1.807, 2.05) is 0 Å². The Labute approximate surface area is 374 Å². The lowest BCUT2D eigenvalue weighted by Gasteiger charge is -1.99. The van der Waals surface area contributed by atoms with Gasteiger partial charge in [0.2, 0.25) is 73.0 Å². The van der Waals surface area contributed by atoms with Crippen LogP contribution >= 0.6 is 0 Å². The number of isocyanates is 12. The quantitative estimate of drug-likeness (QED) is 0.0764. The first-order chi connectivity index (χ1) is 32.1. The van der Waals surface area contributed by atoms with Crippen LogP contribution in [0.1, 0.15) is 43.7 Å². The average Bonchev–Trinajstić information content (AvgIpc) is 3.31. The van der Waals surface area contributed by atoms with Crippen molar-refractivity contribution in [3.8, 4) is 0 Å². The van der Waals surface area contributed by atoms with E-state index in [1.54, 1.807) is 68.4 Å². The predicted molar refractivity (Wildman–Crippen MR) is 232 cm³/mol. The van der Waals surface area contributed by atoms with E-state index in [1.165, 1.54) is 85.9 Å². The van der Waals surface area contributed by atoms with Crippen molar-refractivity contribution in [2.75, 3.05) is 26.2 Å². The van der Waals surface area contributed by atoms with E-state index in [0.29, 0.717) is 52.8 Å². The highest BCUT2D eigenvalue weighted by atomic mass is 16.1. The molecule has 3 aromatic carbocycles. The van der Waals surface area contributed by atoms with E-state index in [2.05, 4.69) is 59.9 Å². The van der Waals surface area contributed by atoms with Crippen molar-refractivity contribution in [1.82, 2.24) is 0 Å². The van der Waals surface area contributed by atoms with Crippen LogP contribution in [0.15, 0.2) is 121 Å². The van der Waals surface area contributed by atoms with Gasteiger partial charge in [-0.25, -0.2) is 77.5 Å². The Morgan fingerprint density at radius 1 is 0.379 bits per heavy atom. The number of carbonyl (C=O) groups excluding carboxylic acids is 12. The van der Waals surface area contributed by atoms with Crippen LogP contribution in [0.25, 0.3) is 0 Å². The molecule has 3 rings (SSSR count). The summed E-state index contributed by atoms with van der Waals surface area (Å²) >= 11 is 0. The number of unbranched alkanes of at least 4 members (excludes halogenated alkanes) is 3. The summed E-state index contributed by atoms with van der Waals surface area (Å²) in [7, 11) is 0. The summed E-state index contributed by atoms with van der Waals surface area (Å²) in [6.07, 6.45) is 19.8. The van der Waals surface area contributed by atoms with E-state index < -0.39 is 6.17 Å². The summed E-state index contributed by atoms with van der Waals surface area (Å²) in [4.78, 5) is 156. The molecular formula is C42H36N12O12. The monoisotopic (exact) mass is 900 g/mol. The molecule has 0 bridgehead atoms. The molecule has 0 aromatic heterocycles. The van der Waals surface area contributed by atoms with Crippen LogP contribution in [-0.2, 0) is 57.5 Å². The van der Waals surface area contributed by atoms with Crippen LogP contribution in [0.3, 0.4) is 0 Å². The Balaban J connectivity index is -0.000000729. The molecule has 0 aliphatic heterocycles. The highest BCUT2D eigenvalue weighted by molar-refractivity contribution is 5.65. The lowest BCUT2D eigenvalue weighted by atomic mass is 10.1. The minimum absolute atomic E-state index is 0.221. The Kier molecular flexibility index (Phi) is 42.4. The summed E-state index contributed by atoms with van der Waals surface area (Å²) in [5.74, 6) is 0. The zero-order chi connectivity index (χ0) is 49.9. The number of hydrogen-bond acceptors (Lipinski definition) is 24. The number of hydrogen-bond donors (Lipinski definition) is 0. The van der Waals surface area contributed by atoms with Crippen LogP contribution in [0, 0.1) is 13.8 Å². The molecule has 0 amide bonds. The third kappa shape index (κ3) is 36.1. The van der Waals surface area contributed by atoms with E-state index in [0.717, 1.165) is 31.2 Å². The fraction of sp³-hybridized carbons (Fsp3) is 0.286. The second kappa shape index (κ2) is 46.3. The molecule has 24 heteroatoms. The molecule has 0 N–H and O–H groups in total. The van der Waals surface area contributed by atoms with Gasteiger partial charge in [0.15, 0.2) is 6.17 Å². The van der Waals surface area contributed by atoms with Gasteiger partial charge in [-0.3, -0.25) is 0 Å². The Morgan fingerprint density at radius 3 is 1.09 bits per heavy atom. The van der Waals surface area contributed by atoms with E-state index >= 15 is 0 Å². The second-order valence-corrected chi connectivity index (χ2v) is 11.0. The molecule has 0 aliphatic carbocycles. The normalized spacial score (nSPS) is 8.35. The molecular weight excluding hydrogens is 865 g/mol. The molecule has 0 unspecified atom stereocenters. The zero-order valence-electron chi connectivity index (χ0n) is 35.3. The van der Waals surface area contributed by atoms with Crippen molar-refractivity contribution in [2.45, 2.75) is 52.6 Å². The van der Waals surface area contributed by atoms with E-state index in [-0.39, 0.29) is 13.1 Å². The third-order valence-electron chi connectivity index (χ3n) is 6.69. The number of aliphatic imine (C=N–C) groups is 12. The smallest absolute Gasteiger partial charge is 0.211 e. The fourth-order valence-electron chi connectivity index (χ4n) is 3.75. The molecule has 0 heterocycles. The van der Waals surface area contributed by atoms with E-state index in [4.69, 9.17) is 0 Å². The molecule has 0 aliphatic rings. The first kappa shape index (κ1) is 60.5. The Bertz CT molecular complexity index is 2410. The van der Waals surface area contributed by atoms with Crippen molar-refractivity contribution in [3.63, 3.8) is 0 Å².